The van der Waals surface area contributed by atoms with Crippen LogP contribution >= 0.6 is 12.2 Å². The number of nitrogens with one attached hydrogen (secondary N) is 1. The Labute approximate surface area is 214 Å². The number of halogens is 2. The maximum Gasteiger partial charge on any atom is 0.233 e. The van der Waals surface area contributed by atoms with E-state index in [9.17, 15) is 8.78 Å². The zero-order valence-corrected chi connectivity index (χ0v) is 20.6. The van der Waals surface area contributed by atoms with Gasteiger partial charge in [0.25, 0.3) is 0 Å². The molecule has 7 nitrogen and oxygen atoms in total. The maximum absolute atomic E-state index is 14.8. The van der Waals surface area contributed by atoms with E-state index >= 15 is 0 Å². The van der Waals surface area contributed by atoms with Crippen LogP contribution in [-0.2, 0) is 16.0 Å². The minimum absolute atomic E-state index is 0.0153. The summed E-state index contributed by atoms with van der Waals surface area (Å²) in [4.78, 5) is 4.05. The van der Waals surface area contributed by atoms with Crippen molar-refractivity contribution in [3.63, 3.8) is 0 Å². The van der Waals surface area contributed by atoms with Gasteiger partial charge in [0.15, 0.2) is 5.11 Å². The van der Waals surface area contributed by atoms with E-state index in [1.54, 1.807) is 30.3 Å². The molecule has 1 N–H and O–H groups in total. The number of aromatic nitrogens is 1. The van der Waals surface area contributed by atoms with E-state index in [0.717, 1.165) is 18.4 Å². The molecule has 3 aromatic rings. The third-order valence-corrected chi connectivity index (χ3v) is 6.73. The van der Waals surface area contributed by atoms with Crippen LogP contribution in [0, 0.1) is 11.6 Å². The highest BCUT2D eigenvalue weighted by molar-refractivity contribution is 7.80. The van der Waals surface area contributed by atoms with E-state index in [2.05, 4.69) is 15.4 Å². The molecule has 0 radical (unpaired) electrons. The standard InChI is InChI=1S/C26H28F2N4O3S/c27-18-7-9-19(10-8-18)29-26(36)32(16-20-4-3-13-34-20)17-22-24(21-5-1-2-6-23(21)28)30-35-25(22)31-11-14-33-15-12-31/h1-2,5-10,20H,3-4,11-17H2,(H,29,36)/t20-/m0/s1. The van der Waals surface area contributed by atoms with Crippen LogP contribution in [0.3, 0.4) is 0 Å². The van der Waals surface area contributed by atoms with Crippen molar-refractivity contribution in [3.8, 4) is 11.3 Å². The molecule has 5 rings (SSSR count). The highest BCUT2D eigenvalue weighted by atomic mass is 32.1. The third-order valence-electron chi connectivity index (χ3n) is 6.37. The zero-order chi connectivity index (χ0) is 24.9. The van der Waals surface area contributed by atoms with E-state index in [1.165, 1.54) is 18.2 Å². The van der Waals surface area contributed by atoms with Crippen molar-refractivity contribution < 1.29 is 22.8 Å². The van der Waals surface area contributed by atoms with Gasteiger partial charge in [0.2, 0.25) is 5.88 Å². The summed E-state index contributed by atoms with van der Waals surface area (Å²) >= 11 is 5.79. The van der Waals surface area contributed by atoms with E-state index in [-0.39, 0.29) is 17.7 Å². The Kier molecular flexibility index (Phi) is 7.74. The molecule has 0 unspecified atom stereocenters. The first-order valence-corrected chi connectivity index (χ1v) is 12.5. The molecule has 2 aliphatic heterocycles. The van der Waals surface area contributed by atoms with Gasteiger partial charge in [-0.1, -0.05) is 17.3 Å². The lowest BCUT2D eigenvalue weighted by Gasteiger charge is -2.30. The van der Waals surface area contributed by atoms with Gasteiger partial charge in [-0.3, -0.25) is 0 Å². The number of hydrogen-bond donors (Lipinski definition) is 1. The molecular formula is C26H28F2N4O3S. The number of hydrogen-bond acceptors (Lipinski definition) is 6. The number of nitrogens with zero attached hydrogens (tertiary/aromatic N) is 3. The highest BCUT2D eigenvalue weighted by Crippen LogP contribution is 2.34. The summed E-state index contributed by atoms with van der Waals surface area (Å²) in [6.45, 7) is 4.00. The lowest BCUT2D eigenvalue weighted by molar-refractivity contribution is 0.0904. The number of thiocarbonyl (C=S) groups is 1. The van der Waals surface area contributed by atoms with Crippen LogP contribution < -0.4 is 10.2 Å². The molecule has 0 bridgehead atoms. The van der Waals surface area contributed by atoms with Crippen molar-refractivity contribution in [3.05, 3.63) is 65.7 Å². The number of rotatable bonds is 7. The molecule has 0 spiro atoms. The van der Waals surface area contributed by atoms with Gasteiger partial charge >= 0.3 is 0 Å². The Balaban J connectivity index is 1.48. The molecule has 0 amide bonds. The lowest BCUT2D eigenvalue weighted by Crippen LogP contribution is -2.40. The molecule has 0 saturated carbocycles. The molecule has 36 heavy (non-hydrogen) atoms. The molecule has 1 aromatic heterocycles. The largest absolute Gasteiger partial charge is 0.378 e. The van der Waals surface area contributed by atoms with Crippen molar-refractivity contribution in [2.24, 2.45) is 0 Å². The van der Waals surface area contributed by atoms with Crippen molar-refractivity contribution in [1.82, 2.24) is 10.1 Å². The second-order valence-electron chi connectivity index (χ2n) is 8.85. The fourth-order valence-corrected chi connectivity index (χ4v) is 4.76. The van der Waals surface area contributed by atoms with Gasteiger partial charge in [0.1, 0.15) is 17.3 Å². The molecule has 1 atom stereocenters. The predicted molar refractivity (Wildman–Crippen MR) is 137 cm³/mol. The van der Waals surface area contributed by atoms with Crippen molar-refractivity contribution in [1.29, 1.82) is 0 Å². The summed E-state index contributed by atoms with van der Waals surface area (Å²) in [5.41, 5.74) is 2.22. The second kappa shape index (κ2) is 11.3. The van der Waals surface area contributed by atoms with Crippen molar-refractivity contribution >= 4 is 28.9 Å². The Morgan fingerprint density at radius 2 is 1.86 bits per heavy atom. The smallest absolute Gasteiger partial charge is 0.233 e. The van der Waals surface area contributed by atoms with E-state index < -0.39 is 0 Å². The lowest BCUT2D eigenvalue weighted by atomic mass is 10.1. The molecule has 2 fully saturated rings. The van der Waals surface area contributed by atoms with Crippen LogP contribution in [0.1, 0.15) is 18.4 Å². The Bertz CT molecular complexity index is 1180. The summed E-state index contributed by atoms with van der Waals surface area (Å²) in [5, 5.41) is 7.95. The fourth-order valence-electron chi connectivity index (χ4n) is 4.50. The topological polar surface area (TPSA) is 63.0 Å². The minimum atomic E-state index is -0.377. The quantitative estimate of drug-likeness (QED) is 0.450. The van der Waals surface area contributed by atoms with E-state index in [0.29, 0.717) is 73.9 Å². The van der Waals surface area contributed by atoms with Gasteiger partial charge < -0.3 is 29.1 Å². The first kappa shape index (κ1) is 24.6. The summed E-state index contributed by atoms with van der Waals surface area (Å²) in [6.07, 6.45) is 1.93. The first-order chi connectivity index (χ1) is 17.6. The van der Waals surface area contributed by atoms with Gasteiger partial charge in [0.05, 0.1) is 31.4 Å². The number of morpholine rings is 1. The van der Waals surface area contributed by atoms with Gasteiger partial charge in [0, 0.05) is 37.5 Å². The molecule has 2 aliphatic rings. The van der Waals surface area contributed by atoms with Crippen LogP contribution in [0.2, 0.25) is 0 Å². The van der Waals surface area contributed by atoms with E-state index in [1.807, 2.05) is 4.90 Å². The van der Waals surface area contributed by atoms with Crippen molar-refractivity contribution in [2.45, 2.75) is 25.5 Å². The van der Waals surface area contributed by atoms with Gasteiger partial charge in [-0.2, -0.15) is 0 Å². The summed E-state index contributed by atoms with van der Waals surface area (Å²) < 4.78 is 45.5. The third kappa shape index (κ3) is 5.66. The minimum Gasteiger partial charge on any atom is -0.378 e. The van der Waals surface area contributed by atoms with Crippen LogP contribution in [0.25, 0.3) is 11.3 Å². The Morgan fingerprint density at radius 1 is 1.08 bits per heavy atom. The molecule has 2 aromatic carbocycles. The van der Waals surface area contributed by atoms with Crippen LogP contribution in [-0.4, -0.2) is 60.7 Å². The summed E-state index contributed by atoms with van der Waals surface area (Å²) in [6, 6.07) is 12.5. The average molecular weight is 515 g/mol. The summed E-state index contributed by atoms with van der Waals surface area (Å²) in [5.74, 6) is -0.117. The summed E-state index contributed by atoms with van der Waals surface area (Å²) in [7, 11) is 0. The zero-order valence-electron chi connectivity index (χ0n) is 19.8. The molecule has 190 valence electrons. The van der Waals surface area contributed by atoms with Gasteiger partial charge in [-0.05, 0) is 61.5 Å². The number of anilines is 2. The monoisotopic (exact) mass is 514 g/mol. The normalized spacial score (nSPS) is 17.8. The van der Waals surface area contributed by atoms with Crippen molar-refractivity contribution in [2.75, 3.05) is 49.7 Å². The molecule has 2 saturated heterocycles. The maximum atomic E-state index is 14.8. The molecule has 0 aliphatic carbocycles. The van der Waals surface area contributed by atoms with Gasteiger partial charge in [-0.25, -0.2) is 8.78 Å². The van der Waals surface area contributed by atoms with Crippen LogP contribution in [0.15, 0.2) is 53.1 Å². The first-order valence-electron chi connectivity index (χ1n) is 12.1. The second-order valence-corrected chi connectivity index (χ2v) is 9.23. The van der Waals surface area contributed by atoms with Crippen LogP contribution in [0.4, 0.5) is 20.4 Å². The Hall–Kier alpha value is -3.08. The molecular weight excluding hydrogens is 486 g/mol. The average Bonchev–Trinajstić information content (AvgIpc) is 3.56. The number of benzene rings is 2. The fraction of sp³-hybridized carbons (Fsp3) is 0.385. The number of ether oxygens (including phenoxy) is 2. The SMILES string of the molecule is Fc1ccc(NC(=S)N(Cc2c(-c3ccccc3F)noc2N2CCOCC2)C[C@@H]2CCCO2)cc1. The van der Waals surface area contributed by atoms with Crippen LogP contribution in [0.5, 0.6) is 0 Å². The molecule has 10 heteroatoms. The van der Waals surface area contributed by atoms with Gasteiger partial charge in [-0.15, -0.1) is 0 Å². The predicted octanol–water partition coefficient (Wildman–Crippen LogP) is 4.83. The van der Waals surface area contributed by atoms with E-state index in [4.69, 9.17) is 26.2 Å². The Morgan fingerprint density at radius 3 is 2.58 bits per heavy atom. The molecule has 3 heterocycles. The highest BCUT2D eigenvalue weighted by Gasteiger charge is 2.29.